The van der Waals surface area contributed by atoms with Crippen LogP contribution in [0.2, 0.25) is 5.02 Å². The maximum absolute atomic E-state index is 6.29. The van der Waals surface area contributed by atoms with Crippen LogP contribution in [-0.2, 0) is 5.41 Å². The topological polar surface area (TPSA) is 41.6 Å². The van der Waals surface area contributed by atoms with Crippen molar-refractivity contribution in [2.24, 2.45) is 10.7 Å². The maximum Gasteiger partial charge on any atom is 0.191 e. The number of halogens is 1. The van der Waals surface area contributed by atoms with E-state index < -0.39 is 0 Å². The van der Waals surface area contributed by atoms with E-state index in [9.17, 15) is 0 Å². The van der Waals surface area contributed by atoms with Gasteiger partial charge in [-0.15, -0.1) is 0 Å². The van der Waals surface area contributed by atoms with Gasteiger partial charge in [0.25, 0.3) is 0 Å². The molecule has 0 aromatic heterocycles. The first-order valence-corrected chi connectivity index (χ1v) is 7.30. The first-order chi connectivity index (χ1) is 9.13. The van der Waals surface area contributed by atoms with E-state index in [1.165, 1.54) is 5.56 Å². The first-order valence-electron chi connectivity index (χ1n) is 6.93. The van der Waals surface area contributed by atoms with Gasteiger partial charge in [0.1, 0.15) is 0 Å². The van der Waals surface area contributed by atoms with E-state index in [4.69, 9.17) is 17.3 Å². The monoisotopic (exact) mass is 279 g/mol. The van der Waals surface area contributed by atoms with E-state index in [1.54, 1.807) is 0 Å². The van der Waals surface area contributed by atoms with Gasteiger partial charge in [-0.3, -0.25) is 4.99 Å². The smallest absolute Gasteiger partial charge is 0.191 e. The molecule has 2 N–H and O–H groups in total. The summed E-state index contributed by atoms with van der Waals surface area (Å²) in [5.41, 5.74) is 7.37. The molecule has 19 heavy (non-hydrogen) atoms. The highest BCUT2D eigenvalue weighted by atomic mass is 35.5. The molecule has 0 spiro atoms. The summed E-state index contributed by atoms with van der Waals surface area (Å²) in [4.78, 5) is 6.65. The van der Waals surface area contributed by atoms with Crippen LogP contribution >= 0.6 is 11.6 Å². The summed E-state index contributed by atoms with van der Waals surface area (Å²) in [6.07, 6.45) is 2.29. The van der Waals surface area contributed by atoms with Crippen molar-refractivity contribution < 1.29 is 0 Å². The van der Waals surface area contributed by atoms with Gasteiger partial charge in [0.05, 0.1) is 6.54 Å². The highest BCUT2D eigenvalue weighted by Gasteiger charge is 2.45. The van der Waals surface area contributed by atoms with Gasteiger partial charge in [-0.25, -0.2) is 0 Å². The van der Waals surface area contributed by atoms with Gasteiger partial charge < -0.3 is 10.6 Å². The molecule has 0 radical (unpaired) electrons. The average Bonchev–Trinajstić information content (AvgIpc) is 3.19. The molecule has 0 amide bonds. The van der Waals surface area contributed by atoms with Crippen LogP contribution < -0.4 is 5.73 Å². The Labute approximate surface area is 120 Å². The minimum absolute atomic E-state index is 0.121. The molecule has 1 aliphatic rings. The molecule has 3 nitrogen and oxygen atoms in total. The summed E-state index contributed by atoms with van der Waals surface area (Å²) >= 11 is 6.29. The van der Waals surface area contributed by atoms with Crippen LogP contribution in [0.4, 0.5) is 0 Å². The molecule has 0 aliphatic heterocycles. The Bertz CT molecular complexity index is 462. The second kappa shape index (κ2) is 5.83. The van der Waals surface area contributed by atoms with E-state index in [-0.39, 0.29) is 5.41 Å². The number of nitrogens with zero attached hydrogens (tertiary/aromatic N) is 2. The highest BCUT2D eigenvalue weighted by molar-refractivity contribution is 6.31. The lowest BCUT2D eigenvalue weighted by Gasteiger charge is -2.21. The molecule has 0 saturated heterocycles. The Morgan fingerprint density at radius 3 is 2.47 bits per heavy atom. The van der Waals surface area contributed by atoms with Crippen LogP contribution in [0, 0.1) is 0 Å². The number of hydrogen-bond acceptors (Lipinski definition) is 1. The summed E-state index contributed by atoms with van der Waals surface area (Å²) in [5, 5.41) is 0.844. The molecule has 1 aliphatic carbocycles. The fourth-order valence-corrected chi connectivity index (χ4v) is 2.77. The van der Waals surface area contributed by atoms with Crippen molar-refractivity contribution in [1.29, 1.82) is 0 Å². The van der Waals surface area contributed by atoms with Gasteiger partial charge >= 0.3 is 0 Å². The molecule has 1 aromatic carbocycles. The van der Waals surface area contributed by atoms with E-state index in [1.807, 2.05) is 18.2 Å². The van der Waals surface area contributed by atoms with Gasteiger partial charge in [0.15, 0.2) is 5.96 Å². The van der Waals surface area contributed by atoms with E-state index >= 15 is 0 Å². The average molecular weight is 280 g/mol. The number of nitrogens with two attached hydrogens (primary N) is 1. The lowest BCUT2D eigenvalue weighted by Crippen LogP contribution is -2.37. The molecule has 0 atom stereocenters. The first kappa shape index (κ1) is 14.2. The number of guanidine groups is 1. The van der Waals surface area contributed by atoms with Crippen LogP contribution in [0.3, 0.4) is 0 Å². The fourth-order valence-electron chi connectivity index (χ4n) is 2.43. The number of benzene rings is 1. The summed E-state index contributed by atoms with van der Waals surface area (Å²) in [5.74, 6) is 0.642. The Balaban J connectivity index is 2.11. The van der Waals surface area contributed by atoms with Gasteiger partial charge in [0, 0.05) is 23.5 Å². The van der Waals surface area contributed by atoms with Gasteiger partial charge in [-0.1, -0.05) is 29.8 Å². The predicted molar refractivity (Wildman–Crippen MR) is 81.8 cm³/mol. The number of hydrogen-bond donors (Lipinski definition) is 1. The normalized spacial score (nSPS) is 17.3. The van der Waals surface area contributed by atoms with Crippen LogP contribution in [-0.4, -0.2) is 30.5 Å². The lowest BCUT2D eigenvalue weighted by molar-refractivity contribution is 0.456. The van der Waals surface area contributed by atoms with Gasteiger partial charge in [-0.05, 0) is 38.3 Å². The van der Waals surface area contributed by atoms with Crippen molar-refractivity contribution in [3.63, 3.8) is 0 Å². The molecule has 1 aromatic rings. The van der Waals surface area contributed by atoms with Crippen LogP contribution in [0.5, 0.6) is 0 Å². The molecule has 104 valence electrons. The third-order valence-electron chi connectivity index (χ3n) is 3.93. The lowest BCUT2D eigenvalue weighted by atomic mass is 9.96. The minimum atomic E-state index is 0.121. The molecule has 0 heterocycles. The zero-order valence-electron chi connectivity index (χ0n) is 11.7. The molecule has 0 unspecified atom stereocenters. The van der Waals surface area contributed by atoms with Crippen molar-refractivity contribution in [3.8, 4) is 0 Å². The Kier molecular flexibility index (Phi) is 4.35. The standard InChI is InChI=1S/C15H22ClN3/c1-3-19(4-2)14(17)18-11-15(9-10-15)12-7-5-6-8-13(12)16/h5-8H,3-4,9-11H2,1-2H3,(H2,17,18). The van der Waals surface area contributed by atoms with Gasteiger partial charge in [0.2, 0.25) is 0 Å². The summed E-state index contributed by atoms with van der Waals surface area (Å²) in [7, 11) is 0. The minimum Gasteiger partial charge on any atom is -0.370 e. The van der Waals surface area contributed by atoms with E-state index in [2.05, 4.69) is 29.8 Å². The van der Waals surface area contributed by atoms with Crippen molar-refractivity contribution in [3.05, 3.63) is 34.9 Å². The number of aliphatic imine (C=N–C) groups is 1. The predicted octanol–water partition coefficient (Wildman–Crippen LogP) is 3.03. The van der Waals surface area contributed by atoms with Crippen molar-refractivity contribution in [2.45, 2.75) is 32.1 Å². The van der Waals surface area contributed by atoms with Gasteiger partial charge in [-0.2, -0.15) is 0 Å². The number of rotatable bonds is 5. The molecular formula is C15H22ClN3. The van der Waals surface area contributed by atoms with E-state index in [0.29, 0.717) is 5.96 Å². The van der Waals surface area contributed by atoms with Crippen LogP contribution in [0.15, 0.2) is 29.3 Å². The second-order valence-electron chi connectivity index (χ2n) is 5.11. The zero-order chi connectivity index (χ0) is 13.9. The third-order valence-corrected chi connectivity index (χ3v) is 4.26. The van der Waals surface area contributed by atoms with Crippen molar-refractivity contribution in [1.82, 2.24) is 4.90 Å². The Morgan fingerprint density at radius 2 is 1.95 bits per heavy atom. The fraction of sp³-hybridized carbons (Fsp3) is 0.533. The zero-order valence-corrected chi connectivity index (χ0v) is 12.5. The molecular weight excluding hydrogens is 258 g/mol. The quantitative estimate of drug-likeness (QED) is 0.665. The summed E-state index contributed by atoms with van der Waals surface area (Å²) in [6.45, 7) is 6.70. The van der Waals surface area contributed by atoms with Crippen LogP contribution in [0.25, 0.3) is 0 Å². The van der Waals surface area contributed by atoms with Crippen molar-refractivity contribution >= 4 is 17.6 Å². The Morgan fingerprint density at radius 1 is 1.32 bits per heavy atom. The molecule has 2 rings (SSSR count). The summed E-state index contributed by atoms with van der Waals surface area (Å²) < 4.78 is 0. The second-order valence-corrected chi connectivity index (χ2v) is 5.51. The maximum atomic E-state index is 6.29. The Hall–Kier alpha value is -1.22. The molecule has 1 fully saturated rings. The largest absolute Gasteiger partial charge is 0.370 e. The molecule has 0 bridgehead atoms. The van der Waals surface area contributed by atoms with Crippen molar-refractivity contribution in [2.75, 3.05) is 19.6 Å². The van der Waals surface area contributed by atoms with Crippen LogP contribution in [0.1, 0.15) is 32.3 Å². The third kappa shape index (κ3) is 3.03. The SMILES string of the molecule is CCN(CC)C(N)=NCC1(c2ccccc2Cl)CC1. The summed E-state index contributed by atoms with van der Waals surface area (Å²) in [6, 6.07) is 8.07. The van der Waals surface area contributed by atoms with E-state index in [0.717, 1.165) is 37.5 Å². The molecule has 1 saturated carbocycles. The highest BCUT2D eigenvalue weighted by Crippen LogP contribution is 2.50. The molecule has 4 heteroatoms.